The number of hydrazine groups is 1. The Morgan fingerprint density at radius 2 is 2.05 bits per heavy atom. The van der Waals surface area contributed by atoms with E-state index in [1.54, 1.807) is 0 Å². The number of anilines is 1. The van der Waals surface area contributed by atoms with Crippen LogP contribution in [0.3, 0.4) is 0 Å². The number of nitrogens with zero attached hydrogens (tertiary/aromatic N) is 2. The lowest BCUT2D eigenvalue weighted by Crippen LogP contribution is -2.41. The Balaban J connectivity index is 1.97. The van der Waals surface area contributed by atoms with Crippen LogP contribution in [0, 0.1) is 0 Å². The second-order valence-electron chi connectivity index (χ2n) is 4.61. The van der Waals surface area contributed by atoms with E-state index in [0.29, 0.717) is 0 Å². The van der Waals surface area contributed by atoms with E-state index in [4.69, 9.17) is 9.84 Å². The fourth-order valence-corrected chi connectivity index (χ4v) is 2.27. The number of rotatable bonds is 2. The second kappa shape index (κ2) is 4.96. The van der Waals surface area contributed by atoms with Gasteiger partial charge in [-0.15, -0.1) is 0 Å². The van der Waals surface area contributed by atoms with Crippen LogP contribution in [0.5, 0.6) is 0 Å². The van der Waals surface area contributed by atoms with Gasteiger partial charge < -0.3 is 20.1 Å². The van der Waals surface area contributed by atoms with Gasteiger partial charge in [0.05, 0.1) is 12.9 Å². The molecule has 0 unspecified atom stereocenters. The molecule has 1 aromatic heterocycles. The van der Waals surface area contributed by atoms with E-state index >= 15 is 0 Å². The van der Waals surface area contributed by atoms with Gasteiger partial charge in [0.2, 0.25) is 0 Å². The first-order valence-electron chi connectivity index (χ1n) is 6.09. The zero-order chi connectivity index (χ0) is 15.1. The summed E-state index contributed by atoms with van der Waals surface area (Å²) in [6.07, 6.45) is -3.53. The number of carbonyl (C=O) groups is 2. The van der Waals surface area contributed by atoms with E-state index in [1.165, 1.54) is 10.9 Å². The third-order valence-electron chi connectivity index (χ3n) is 3.32. The first kappa shape index (κ1) is 13.8. The van der Waals surface area contributed by atoms with E-state index in [2.05, 4.69) is 21.2 Å². The molecule has 2 aliphatic heterocycles. The molecule has 6 N–H and O–H groups in total. The number of amides is 3. The molecule has 11 nitrogen and oxygen atoms in total. The summed E-state index contributed by atoms with van der Waals surface area (Å²) in [4.78, 5) is 27.0. The highest BCUT2D eigenvalue weighted by Gasteiger charge is 2.44. The normalized spacial score (nSPS) is 32.0. The summed E-state index contributed by atoms with van der Waals surface area (Å²) in [5.41, 5.74) is 4.14. The maximum Gasteiger partial charge on any atom is 0.339 e. The fourth-order valence-electron chi connectivity index (χ4n) is 2.27. The largest absolute Gasteiger partial charge is 0.394 e. The Hall–Kier alpha value is -2.21. The lowest BCUT2D eigenvalue weighted by molar-refractivity contribution is -0.0518. The molecule has 3 amide bonds. The molecule has 2 aliphatic rings. The van der Waals surface area contributed by atoms with Gasteiger partial charge in [0.15, 0.2) is 11.9 Å². The highest BCUT2D eigenvalue weighted by molar-refractivity contribution is 6.04. The second-order valence-corrected chi connectivity index (χ2v) is 4.61. The van der Waals surface area contributed by atoms with Crippen molar-refractivity contribution in [1.82, 2.24) is 20.4 Å². The lowest BCUT2D eigenvalue weighted by Gasteiger charge is -2.18. The number of fused-ring (bicyclic) bond motifs is 1. The van der Waals surface area contributed by atoms with Gasteiger partial charge in [0.25, 0.3) is 5.91 Å². The molecule has 3 heterocycles. The van der Waals surface area contributed by atoms with Crippen molar-refractivity contribution in [3.8, 4) is 0 Å². The van der Waals surface area contributed by atoms with Crippen LogP contribution in [0.2, 0.25) is 0 Å². The number of aliphatic hydroxyl groups is 3. The summed E-state index contributed by atoms with van der Waals surface area (Å²) >= 11 is 0. The van der Waals surface area contributed by atoms with Gasteiger partial charge in [-0.3, -0.25) is 20.1 Å². The standard InChI is InChI=1S/C10H13N5O6/c16-1-3-5(17)6(18)9(21-3)15-2-11-4-7(15)12-10(20)14-13-8(4)19/h2-3,5-6,9,16-18H,1H2,(H,13,19)(H2,12,14,20)/t3-,5-,6-,9-/m1/s1. The number of nitrogens with one attached hydrogen (secondary N) is 3. The Morgan fingerprint density at radius 1 is 1.29 bits per heavy atom. The monoisotopic (exact) mass is 299 g/mol. The van der Waals surface area contributed by atoms with Gasteiger partial charge in [-0.05, 0) is 0 Å². The summed E-state index contributed by atoms with van der Waals surface area (Å²) in [7, 11) is 0. The predicted octanol–water partition coefficient (Wildman–Crippen LogP) is -2.73. The average molecular weight is 299 g/mol. The zero-order valence-corrected chi connectivity index (χ0v) is 10.6. The van der Waals surface area contributed by atoms with E-state index < -0.39 is 43.1 Å². The van der Waals surface area contributed by atoms with Gasteiger partial charge in [-0.1, -0.05) is 0 Å². The SMILES string of the molecule is O=C1NNC(=O)c2ncn([C@@H]3O[C@H](CO)[C@@H](O)[C@H]3O)c2N1. The summed E-state index contributed by atoms with van der Waals surface area (Å²) in [6.45, 7) is -0.486. The third kappa shape index (κ3) is 2.12. The van der Waals surface area contributed by atoms with Gasteiger partial charge >= 0.3 is 6.03 Å². The Morgan fingerprint density at radius 3 is 2.71 bits per heavy atom. The number of carbonyl (C=O) groups excluding carboxylic acids is 2. The van der Waals surface area contributed by atoms with E-state index in [9.17, 15) is 19.8 Å². The quantitative estimate of drug-likeness (QED) is 0.346. The van der Waals surface area contributed by atoms with E-state index in [-0.39, 0.29) is 11.5 Å². The molecule has 1 aromatic rings. The van der Waals surface area contributed by atoms with Crippen molar-refractivity contribution >= 4 is 17.8 Å². The molecule has 0 aliphatic carbocycles. The van der Waals surface area contributed by atoms with Crippen LogP contribution in [0.25, 0.3) is 0 Å². The zero-order valence-electron chi connectivity index (χ0n) is 10.6. The molecule has 21 heavy (non-hydrogen) atoms. The molecule has 0 bridgehead atoms. The molecule has 0 radical (unpaired) electrons. The minimum atomic E-state index is -1.35. The van der Waals surface area contributed by atoms with Crippen LogP contribution >= 0.6 is 0 Å². The minimum Gasteiger partial charge on any atom is -0.394 e. The third-order valence-corrected chi connectivity index (χ3v) is 3.32. The van der Waals surface area contributed by atoms with Gasteiger partial charge in [-0.25, -0.2) is 15.2 Å². The summed E-state index contributed by atoms with van der Waals surface area (Å²) < 4.78 is 6.54. The van der Waals surface area contributed by atoms with Crippen LogP contribution in [0.4, 0.5) is 10.6 Å². The van der Waals surface area contributed by atoms with Crippen LogP contribution in [0.1, 0.15) is 16.7 Å². The Kier molecular flexibility index (Phi) is 3.25. The Labute approximate surface area is 117 Å². The van der Waals surface area contributed by atoms with Crippen molar-refractivity contribution in [3.63, 3.8) is 0 Å². The first-order valence-corrected chi connectivity index (χ1v) is 6.09. The highest BCUT2D eigenvalue weighted by atomic mass is 16.6. The number of hydrogen-bond donors (Lipinski definition) is 6. The van der Waals surface area contributed by atoms with E-state index in [0.717, 1.165) is 0 Å². The molecule has 3 rings (SSSR count). The van der Waals surface area contributed by atoms with Gasteiger partial charge in [0, 0.05) is 0 Å². The van der Waals surface area contributed by atoms with Crippen molar-refractivity contribution in [2.75, 3.05) is 11.9 Å². The van der Waals surface area contributed by atoms with Crippen LogP contribution in [-0.2, 0) is 4.74 Å². The van der Waals surface area contributed by atoms with Crippen molar-refractivity contribution in [2.45, 2.75) is 24.5 Å². The number of aromatic nitrogens is 2. The maximum atomic E-state index is 11.7. The molecular weight excluding hydrogens is 286 g/mol. The van der Waals surface area contributed by atoms with Crippen LogP contribution in [0.15, 0.2) is 6.33 Å². The molecule has 11 heteroatoms. The predicted molar refractivity (Wildman–Crippen MR) is 64.9 cm³/mol. The molecular formula is C10H13N5O6. The van der Waals surface area contributed by atoms with Crippen molar-refractivity contribution < 1.29 is 29.6 Å². The van der Waals surface area contributed by atoms with Crippen molar-refractivity contribution in [1.29, 1.82) is 0 Å². The molecule has 1 fully saturated rings. The van der Waals surface area contributed by atoms with Gasteiger partial charge in [-0.2, -0.15) is 0 Å². The van der Waals surface area contributed by atoms with Crippen molar-refractivity contribution in [3.05, 3.63) is 12.0 Å². The highest BCUT2D eigenvalue weighted by Crippen LogP contribution is 2.32. The maximum absolute atomic E-state index is 11.7. The van der Waals surface area contributed by atoms with Crippen LogP contribution < -0.4 is 16.2 Å². The molecule has 0 aromatic carbocycles. The Bertz CT molecular complexity index is 588. The summed E-state index contributed by atoms with van der Waals surface area (Å²) in [6, 6.07) is -0.699. The minimum absolute atomic E-state index is 0.0114. The number of ether oxygens (including phenoxy) is 1. The molecule has 0 spiro atoms. The number of imidazole rings is 1. The molecule has 114 valence electrons. The van der Waals surface area contributed by atoms with Crippen molar-refractivity contribution in [2.24, 2.45) is 0 Å². The molecule has 4 atom stereocenters. The summed E-state index contributed by atoms with van der Waals surface area (Å²) in [5.74, 6) is -0.633. The summed E-state index contributed by atoms with van der Waals surface area (Å²) in [5, 5.41) is 31.2. The first-order chi connectivity index (χ1) is 10.0. The van der Waals surface area contributed by atoms with Crippen LogP contribution in [-0.4, -0.2) is 61.7 Å². The molecule has 0 saturated carbocycles. The van der Waals surface area contributed by atoms with E-state index in [1.807, 2.05) is 0 Å². The number of urea groups is 1. The lowest BCUT2D eigenvalue weighted by atomic mass is 10.1. The number of hydrogen-bond acceptors (Lipinski definition) is 7. The smallest absolute Gasteiger partial charge is 0.339 e. The fraction of sp³-hybridized carbons (Fsp3) is 0.500. The van der Waals surface area contributed by atoms with Gasteiger partial charge in [0.1, 0.15) is 24.1 Å². The average Bonchev–Trinajstić information content (AvgIpc) is 2.95. The topological polar surface area (TPSA) is 158 Å². The number of aliphatic hydroxyl groups excluding tert-OH is 3. The molecule has 1 saturated heterocycles.